The molecule has 2 N–H and O–H groups in total. The summed E-state index contributed by atoms with van der Waals surface area (Å²) in [7, 11) is 1.94. The number of likely N-dealkylation sites (tertiary alicyclic amines) is 1. The van der Waals surface area contributed by atoms with Gasteiger partial charge in [-0.05, 0) is 49.9 Å². The van der Waals surface area contributed by atoms with Crippen LogP contribution < -0.4 is 10.6 Å². The van der Waals surface area contributed by atoms with Gasteiger partial charge in [0, 0.05) is 24.8 Å². The first-order valence-electron chi connectivity index (χ1n) is 7.84. The Labute approximate surface area is 127 Å². The zero-order valence-electron chi connectivity index (χ0n) is 13.5. The van der Waals surface area contributed by atoms with Crippen LogP contribution >= 0.6 is 0 Å². The normalized spacial score (nSPS) is 23.7. The van der Waals surface area contributed by atoms with Gasteiger partial charge in [0.2, 0.25) is 0 Å². The van der Waals surface area contributed by atoms with Crippen molar-refractivity contribution in [2.24, 2.45) is 11.8 Å². The molecule has 0 aliphatic carbocycles. The van der Waals surface area contributed by atoms with Crippen LogP contribution in [0.3, 0.4) is 0 Å². The van der Waals surface area contributed by atoms with Gasteiger partial charge in [-0.3, -0.25) is 0 Å². The zero-order valence-corrected chi connectivity index (χ0v) is 13.5. The second-order valence-electron chi connectivity index (χ2n) is 6.26. The minimum Gasteiger partial charge on any atom is -0.324 e. The van der Waals surface area contributed by atoms with Gasteiger partial charge in [0.1, 0.15) is 0 Å². The minimum absolute atomic E-state index is 0.0167. The fourth-order valence-electron chi connectivity index (χ4n) is 2.70. The maximum atomic E-state index is 12.4. The quantitative estimate of drug-likeness (QED) is 0.895. The molecule has 0 spiro atoms. The van der Waals surface area contributed by atoms with Gasteiger partial charge in [-0.1, -0.05) is 26.0 Å². The van der Waals surface area contributed by atoms with Crippen molar-refractivity contribution in [2.75, 3.05) is 25.5 Å². The summed E-state index contributed by atoms with van der Waals surface area (Å²) in [4.78, 5) is 14.3. The van der Waals surface area contributed by atoms with E-state index in [-0.39, 0.29) is 12.1 Å². The molecule has 21 heavy (non-hydrogen) atoms. The van der Waals surface area contributed by atoms with Crippen LogP contribution in [0, 0.1) is 11.8 Å². The number of piperidine rings is 1. The van der Waals surface area contributed by atoms with Crippen molar-refractivity contribution < 1.29 is 4.79 Å². The third kappa shape index (κ3) is 3.97. The maximum Gasteiger partial charge on any atom is 0.321 e. The third-order valence-electron chi connectivity index (χ3n) is 4.69. The lowest BCUT2D eigenvalue weighted by Crippen LogP contribution is -2.44. The highest BCUT2D eigenvalue weighted by Gasteiger charge is 2.25. The molecule has 2 amide bonds. The van der Waals surface area contributed by atoms with E-state index >= 15 is 0 Å². The van der Waals surface area contributed by atoms with Crippen LogP contribution in [-0.2, 0) is 0 Å². The van der Waals surface area contributed by atoms with Crippen LogP contribution in [-0.4, -0.2) is 31.1 Å². The van der Waals surface area contributed by atoms with Crippen LogP contribution in [0.2, 0.25) is 0 Å². The van der Waals surface area contributed by atoms with Crippen molar-refractivity contribution in [3.05, 3.63) is 29.8 Å². The molecule has 4 heteroatoms. The summed E-state index contributed by atoms with van der Waals surface area (Å²) < 4.78 is 0. The highest BCUT2D eigenvalue weighted by atomic mass is 16.2. The number of rotatable bonds is 3. The van der Waals surface area contributed by atoms with Crippen LogP contribution in [0.15, 0.2) is 24.3 Å². The topological polar surface area (TPSA) is 44.4 Å². The van der Waals surface area contributed by atoms with Gasteiger partial charge in [0.05, 0.1) is 0 Å². The summed E-state index contributed by atoms with van der Waals surface area (Å²) in [6.45, 7) is 8.29. The molecular weight excluding hydrogens is 262 g/mol. The van der Waals surface area contributed by atoms with Crippen molar-refractivity contribution in [3.8, 4) is 0 Å². The number of anilines is 1. The fourth-order valence-corrected chi connectivity index (χ4v) is 2.70. The van der Waals surface area contributed by atoms with E-state index in [1.807, 2.05) is 30.1 Å². The van der Waals surface area contributed by atoms with Crippen LogP contribution in [0.1, 0.15) is 38.8 Å². The largest absolute Gasteiger partial charge is 0.324 e. The predicted octanol–water partition coefficient (Wildman–Crippen LogP) is 3.48. The van der Waals surface area contributed by atoms with Crippen LogP contribution in [0.4, 0.5) is 10.5 Å². The first kappa shape index (κ1) is 15.8. The summed E-state index contributed by atoms with van der Waals surface area (Å²) >= 11 is 0. The summed E-state index contributed by atoms with van der Waals surface area (Å²) in [5, 5.41) is 6.24. The molecule has 0 aromatic heterocycles. The van der Waals surface area contributed by atoms with E-state index < -0.39 is 0 Å². The summed E-state index contributed by atoms with van der Waals surface area (Å²) in [6.07, 6.45) is 1.09. The number of urea groups is 1. The van der Waals surface area contributed by atoms with Gasteiger partial charge in [0.15, 0.2) is 0 Å². The van der Waals surface area contributed by atoms with E-state index in [4.69, 9.17) is 0 Å². The fraction of sp³-hybridized carbons (Fsp3) is 0.588. The Morgan fingerprint density at radius 1 is 1.33 bits per heavy atom. The zero-order chi connectivity index (χ0) is 15.4. The van der Waals surface area contributed by atoms with Gasteiger partial charge in [-0.15, -0.1) is 0 Å². The molecule has 116 valence electrons. The Bertz CT molecular complexity index is 489. The molecule has 1 aromatic rings. The molecule has 4 nitrogen and oxygen atoms in total. The Hall–Kier alpha value is -1.55. The van der Waals surface area contributed by atoms with E-state index in [1.54, 1.807) is 0 Å². The van der Waals surface area contributed by atoms with E-state index in [2.05, 4.69) is 37.5 Å². The lowest BCUT2D eigenvalue weighted by molar-refractivity contribution is 0.154. The van der Waals surface area contributed by atoms with Crippen molar-refractivity contribution >= 4 is 11.7 Å². The Morgan fingerprint density at radius 3 is 2.76 bits per heavy atom. The molecule has 0 saturated carbocycles. The highest BCUT2D eigenvalue weighted by Crippen LogP contribution is 2.23. The number of carbonyl (C=O) groups is 1. The molecule has 1 aromatic carbocycles. The Balaban J connectivity index is 1.99. The van der Waals surface area contributed by atoms with E-state index in [1.165, 1.54) is 5.56 Å². The summed E-state index contributed by atoms with van der Waals surface area (Å²) in [5.74, 6) is 1.27. The van der Waals surface area contributed by atoms with Gasteiger partial charge in [-0.25, -0.2) is 4.79 Å². The molecule has 0 bridgehead atoms. The number of nitrogens with zero attached hydrogens (tertiary/aromatic N) is 1. The number of amides is 2. The maximum absolute atomic E-state index is 12.4. The third-order valence-corrected chi connectivity index (χ3v) is 4.69. The molecule has 1 aliphatic heterocycles. The average Bonchev–Trinajstić information content (AvgIpc) is 2.49. The average molecular weight is 289 g/mol. The van der Waals surface area contributed by atoms with E-state index in [9.17, 15) is 4.79 Å². The van der Waals surface area contributed by atoms with Crippen molar-refractivity contribution in [3.63, 3.8) is 0 Å². The molecular formula is C17H27N3O. The number of carbonyl (C=O) groups excluding carboxylic acids is 1. The van der Waals surface area contributed by atoms with Crippen molar-refractivity contribution in [1.82, 2.24) is 10.2 Å². The van der Waals surface area contributed by atoms with Gasteiger partial charge >= 0.3 is 6.03 Å². The Morgan fingerprint density at radius 2 is 2.10 bits per heavy atom. The van der Waals surface area contributed by atoms with Crippen molar-refractivity contribution in [2.45, 2.75) is 33.2 Å². The standard InChI is InChI=1S/C17H27N3O/c1-12-8-9-20(11-13(12)2)17(21)19-16-7-5-6-15(10-16)14(3)18-4/h5-7,10,12-14,18H,8-9,11H2,1-4H3,(H,19,21). The SMILES string of the molecule is CNC(C)c1cccc(NC(=O)N2CCC(C)C(C)C2)c1. The second-order valence-corrected chi connectivity index (χ2v) is 6.26. The van der Waals surface area contributed by atoms with Gasteiger partial charge in [-0.2, -0.15) is 0 Å². The number of benzene rings is 1. The van der Waals surface area contributed by atoms with E-state index in [0.29, 0.717) is 11.8 Å². The molecule has 1 fully saturated rings. The van der Waals surface area contributed by atoms with Crippen LogP contribution in [0.25, 0.3) is 0 Å². The van der Waals surface area contributed by atoms with Crippen molar-refractivity contribution in [1.29, 1.82) is 0 Å². The highest BCUT2D eigenvalue weighted by molar-refractivity contribution is 5.89. The lowest BCUT2D eigenvalue weighted by Gasteiger charge is -2.35. The predicted molar refractivity (Wildman–Crippen MR) is 87.5 cm³/mol. The summed E-state index contributed by atoms with van der Waals surface area (Å²) in [6, 6.07) is 8.33. The number of hydrogen-bond donors (Lipinski definition) is 2. The molecule has 1 saturated heterocycles. The minimum atomic E-state index is 0.0167. The first-order valence-corrected chi connectivity index (χ1v) is 7.84. The van der Waals surface area contributed by atoms with Crippen LogP contribution in [0.5, 0.6) is 0 Å². The number of hydrogen-bond acceptors (Lipinski definition) is 2. The van der Waals surface area contributed by atoms with Gasteiger partial charge < -0.3 is 15.5 Å². The van der Waals surface area contributed by atoms with Gasteiger partial charge in [0.25, 0.3) is 0 Å². The molecule has 3 unspecified atom stereocenters. The monoisotopic (exact) mass is 289 g/mol. The number of nitrogens with one attached hydrogen (secondary N) is 2. The summed E-state index contributed by atoms with van der Waals surface area (Å²) in [5.41, 5.74) is 2.04. The molecule has 0 radical (unpaired) electrons. The molecule has 1 heterocycles. The Kier molecular flexibility index (Phi) is 5.23. The van der Waals surface area contributed by atoms with E-state index in [0.717, 1.165) is 25.2 Å². The lowest BCUT2D eigenvalue weighted by atomic mass is 9.89. The second kappa shape index (κ2) is 6.94. The smallest absolute Gasteiger partial charge is 0.321 e. The first-order chi connectivity index (χ1) is 10.0. The molecule has 3 atom stereocenters. The molecule has 2 rings (SSSR count). The molecule has 1 aliphatic rings.